The van der Waals surface area contributed by atoms with E-state index < -0.39 is 112 Å². The third kappa shape index (κ3) is 13.7. The third-order valence-electron chi connectivity index (χ3n) is 15.9. The number of benzene rings is 1. The van der Waals surface area contributed by atoms with Crippen molar-refractivity contribution < 1.29 is 76.8 Å². The second-order valence-electron chi connectivity index (χ2n) is 22.0. The van der Waals surface area contributed by atoms with Gasteiger partial charge in [0.25, 0.3) is 11.8 Å². The fourth-order valence-electron chi connectivity index (χ4n) is 10.8. The number of likely N-dealkylation sites (tertiary alicyclic amines) is 1. The van der Waals surface area contributed by atoms with Crippen molar-refractivity contribution in [1.29, 1.82) is 0 Å². The molecule has 1 aliphatic carbocycles. The highest BCUT2D eigenvalue weighted by molar-refractivity contribution is 8.02. The number of hydroxylamine groups is 2. The van der Waals surface area contributed by atoms with Gasteiger partial charge in [-0.2, -0.15) is 0 Å². The van der Waals surface area contributed by atoms with Gasteiger partial charge in [-0.15, -0.1) is 16.8 Å². The smallest absolute Gasteiger partial charge is 0.409 e. The average molecular weight is 1130 g/mol. The van der Waals surface area contributed by atoms with Gasteiger partial charge in [0.15, 0.2) is 5.72 Å². The molecular formula is C55H76ClN5O16S. The quantitative estimate of drug-likeness (QED) is 0.123. The van der Waals surface area contributed by atoms with Crippen LogP contribution in [0.25, 0.3) is 0 Å². The first-order chi connectivity index (χ1) is 36.2. The number of carbonyl (C=O) groups is 9. The molecule has 0 radical (unpaired) electrons. The van der Waals surface area contributed by atoms with Gasteiger partial charge in [-0.3, -0.25) is 39.0 Å². The molecule has 7 rings (SSSR count). The predicted octanol–water partition coefficient (Wildman–Crippen LogP) is 5.98. The van der Waals surface area contributed by atoms with Gasteiger partial charge >= 0.3 is 18.0 Å². The molecule has 0 spiro atoms. The van der Waals surface area contributed by atoms with E-state index in [-0.39, 0.29) is 75.3 Å². The summed E-state index contributed by atoms with van der Waals surface area (Å²) in [6.45, 7) is 10.8. The van der Waals surface area contributed by atoms with E-state index in [0.29, 0.717) is 48.6 Å². The standard InChI is InChI=1S/C54H72ClN5O16S.CH4/c1-29-12-11-13-39(72-10)54(70)27-37(73-51(69)56-54)30(2)47-53(6,75-47)40(26-44(64)58(8)35-23-33(22-29)24-36(71-9)46(35)55)74-49(67)31(3)57(7)41(61)20-21-52(4,5)77-38-25-45(65)59(48(38)66)28-32-14-16-34(17-15-32)50(68)76-60-42(62)18-19-43(60)63;/h11-13,23-24,30-32,34,37-40,47,70H,14-22,25-28H2,1-10H3,(H,56,69);1H4/b13-11+,29-12+;. The Bertz CT molecular complexity index is 2570. The van der Waals surface area contributed by atoms with Crippen molar-refractivity contribution in [3.63, 3.8) is 0 Å². The number of hydrogen-bond acceptors (Lipinski definition) is 17. The van der Waals surface area contributed by atoms with Gasteiger partial charge < -0.3 is 43.4 Å². The number of imide groups is 2. The van der Waals surface area contributed by atoms with E-state index in [9.17, 15) is 48.3 Å². The monoisotopic (exact) mass is 1130 g/mol. The van der Waals surface area contributed by atoms with Crippen LogP contribution in [-0.2, 0) is 68.6 Å². The molecule has 9 atom stereocenters. The van der Waals surface area contributed by atoms with Gasteiger partial charge in [0.1, 0.15) is 40.7 Å². The van der Waals surface area contributed by atoms with Crippen molar-refractivity contribution in [2.45, 2.75) is 178 Å². The molecule has 4 bridgehead atoms. The lowest BCUT2D eigenvalue weighted by molar-refractivity contribution is -0.201. The highest BCUT2D eigenvalue weighted by Gasteiger charge is 2.64. The molecule has 21 nitrogen and oxygen atoms in total. The number of amides is 7. The third-order valence-corrected chi connectivity index (χ3v) is 17.8. The van der Waals surface area contributed by atoms with E-state index in [0.717, 1.165) is 11.1 Å². The molecule has 9 unspecified atom stereocenters. The Balaban J connectivity index is 0.00000984. The Hall–Kier alpha value is -5.55. The predicted molar refractivity (Wildman–Crippen MR) is 286 cm³/mol. The summed E-state index contributed by atoms with van der Waals surface area (Å²) in [5.74, 6) is -4.90. The number of methoxy groups -OCH3 is 2. The number of fused-ring (bicyclic) bond motifs is 5. The Labute approximate surface area is 465 Å². The number of alkyl carbamates (subject to hydrolysis) is 1. The van der Waals surface area contributed by atoms with Crippen LogP contribution >= 0.6 is 23.4 Å². The molecule has 1 saturated carbocycles. The maximum atomic E-state index is 14.4. The number of thioether (sulfide) groups is 1. The summed E-state index contributed by atoms with van der Waals surface area (Å²) in [5, 5.41) is 14.4. The number of nitrogens with zero attached hydrogens (tertiary/aromatic N) is 4. The van der Waals surface area contributed by atoms with E-state index in [1.807, 2.05) is 26.8 Å². The number of anilines is 1. The van der Waals surface area contributed by atoms with E-state index in [2.05, 4.69) is 5.32 Å². The summed E-state index contributed by atoms with van der Waals surface area (Å²) in [6.07, 6.45) is 2.52. The van der Waals surface area contributed by atoms with E-state index in [4.69, 9.17) is 40.1 Å². The van der Waals surface area contributed by atoms with E-state index in [1.165, 1.54) is 54.7 Å². The number of hydrogen-bond donors (Lipinski definition) is 2. The number of likely N-dealkylation sites (N-methyl/N-ethyl adjacent to an activating group) is 1. The Morgan fingerprint density at radius 3 is 2.32 bits per heavy atom. The molecule has 430 valence electrons. The summed E-state index contributed by atoms with van der Waals surface area (Å²) >= 11 is 8.14. The van der Waals surface area contributed by atoms with Crippen LogP contribution in [0.3, 0.4) is 0 Å². The van der Waals surface area contributed by atoms with Crippen LogP contribution in [0.15, 0.2) is 35.9 Å². The highest BCUT2D eigenvalue weighted by Crippen LogP contribution is 2.49. The van der Waals surface area contributed by atoms with Gasteiger partial charge in [-0.1, -0.05) is 63.6 Å². The number of ether oxygens (including phenoxy) is 5. The molecule has 4 saturated heterocycles. The summed E-state index contributed by atoms with van der Waals surface area (Å²) in [6, 6.07) is 2.39. The topological polar surface area (TPSA) is 258 Å². The molecule has 2 N–H and O–H groups in total. The highest BCUT2D eigenvalue weighted by atomic mass is 35.5. The van der Waals surface area contributed by atoms with Crippen LogP contribution in [0.2, 0.25) is 5.02 Å². The number of aliphatic hydroxyl groups is 1. The zero-order chi connectivity index (χ0) is 56.5. The first-order valence-electron chi connectivity index (χ1n) is 26.1. The van der Waals surface area contributed by atoms with Crippen molar-refractivity contribution in [3.8, 4) is 5.75 Å². The molecular weight excluding hydrogens is 1050 g/mol. The number of allylic oxidation sites excluding steroid dienone is 3. The fraction of sp³-hybridized carbons (Fsp3) is 0.655. The van der Waals surface area contributed by atoms with Crippen molar-refractivity contribution >= 4 is 82.5 Å². The van der Waals surface area contributed by atoms with Crippen LogP contribution in [0.1, 0.15) is 125 Å². The summed E-state index contributed by atoms with van der Waals surface area (Å²) in [4.78, 5) is 128. The molecule has 6 aliphatic rings. The van der Waals surface area contributed by atoms with Gasteiger partial charge in [-0.25, -0.2) is 14.4 Å². The lowest BCUT2D eigenvalue weighted by atomic mass is 9.82. The van der Waals surface area contributed by atoms with E-state index in [1.54, 1.807) is 45.2 Å². The normalized spacial score (nSPS) is 31.2. The number of carbonyl (C=O) groups excluding carboxylic acids is 9. The minimum absolute atomic E-state index is 0. The molecule has 78 heavy (non-hydrogen) atoms. The summed E-state index contributed by atoms with van der Waals surface area (Å²) in [5.41, 5.74) is -1.21. The lowest BCUT2D eigenvalue weighted by Crippen LogP contribution is -2.63. The van der Waals surface area contributed by atoms with Crippen molar-refractivity contribution in [2.75, 3.05) is 39.8 Å². The Morgan fingerprint density at radius 1 is 1.01 bits per heavy atom. The van der Waals surface area contributed by atoms with Crippen molar-refractivity contribution in [2.24, 2.45) is 17.8 Å². The lowest BCUT2D eigenvalue weighted by Gasteiger charge is -2.42. The van der Waals surface area contributed by atoms with Crippen LogP contribution in [-0.4, -0.2) is 160 Å². The van der Waals surface area contributed by atoms with Crippen molar-refractivity contribution in [3.05, 3.63) is 46.5 Å². The van der Waals surface area contributed by atoms with Crippen LogP contribution in [0.4, 0.5) is 10.5 Å². The van der Waals surface area contributed by atoms with Gasteiger partial charge in [0, 0.05) is 70.5 Å². The average Bonchev–Trinajstić information content (AvgIpc) is 4.06. The number of esters is 1. The summed E-state index contributed by atoms with van der Waals surface area (Å²) in [7, 11) is 5.89. The van der Waals surface area contributed by atoms with Gasteiger partial charge in [-0.05, 0) is 82.9 Å². The SMILES string of the molecule is C.COc1cc2cc(c1Cl)N(C)C(=O)CC(OC(=O)C(C)N(C)C(=O)CCC(C)(C)SC1CC(=O)N(CC3CCC(C(=O)ON4C(=O)CCC4=O)CC3)C1=O)C1(C)OC1C(C)C1CC(O)(NC(=O)O1)C(OC)/C=C/C=C(\C)C2. The zero-order valence-electron chi connectivity index (χ0n) is 45.4. The number of halogens is 1. The fourth-order valence-corrected chi connectivity index (χ4v) is 12.6. The maximum absolute atomic E-state index is 14.4. The minimum Gasteiger partial charge on any atom is -0.495 e. The molecule has 1 aromatic carbocycles. The zero-order valence-corrected chi connectivity index (χ0v) is 47.0. The van der Waals surface area contributed by atoms with Crippen LogP contribution in [0.5, 0.6) is 5.75 Å². The number of nitrogens with one attached hydrogen (secondary N) is 1. The molecule has 7 amide bonds. The van der Waals surface area contributed by atoms with Gasteiger partial charge in [0.2, 0.25) is 23.6 Å². The molecule has 0 aromatic heterocycles. The van der Waals surface area contributed by atoms with E-state index >= 15 is 0 Å². The van der Waals surface area contributed by atoms with Crippen molar-refractivity contribution in [1.82, 2.24) is 20.2 Å². The first kappa shape index (κ1) is 61.7. The molecule has 1 aromatic rings. The Morgan fingerprint density at radius 2 is 1.68 bits per heavy atom. The molecule has 23 heteroatoms. The number of rotatable bonds is 14. The molecule has 5 fully saturated rings. The molecule has 5 heterocycles. The minimum atomic E-state index is -1.89. The summed E-state index contributed by atoms with van der Waals surface area (Å²) < 4.78 is 28.9. The Kier molecular flexibility index (Phi) is 19.6. The largest absolute Gasteiger partial charge is 0.495 e. The van der Waals surface area contributed by atoms with Crippen LogP contribution in [0, 0.1) is 17.8 Å². The second-order valence-corrected chi connectivity index (χ2v) is 24.3. The second kappa shape index (κ2) is 24.9. The number of epoxide rings is 1. The van der Waals surface area contributed by atoms with Gasteiger partial charge in [0.05, 0.1) is 36.5 Å². The first-order valence-corrected chi connectivity index (χ1v) is 27.4. The maximum Gasteiger partial charge on any atom is 0.409 e. The molecule has 5 aliphatic heterocycles. The van der Waals surface area contributed by atoms with Crippen LogP contribution < -0.4 is 15.0 Å².